The molecule has 2 amide bonds. The molecule has 0 saturated carbocycles. The van der Waals surface area contributed by atoms with E-state index in [1.165, 1.54) is 5.56 Å². The Morgan fingerprint density at radius 1 is 1.18 bits per heavy atom. The van der Waals surface area contributed by atoms with Crippen molar-refractivity contribution in [2.75, 3.05) is 19.6 Å². The van der Waals surface area contributed by atoms with Gasteiger partial charge in [-0.15, -0.1) is 0 Å². The molecule has 1 aliphatic heterocycles. The maximum absolute atomic E-state index is 13.2. The molecule has 28 heavy (non-hydrogen) atoms. The van der Waals surface area contributed by atoms with E-state index in [9.17, 15) is 9.59 Å². The first kappa shape index (κ1) is 20.1. The maximum atomic E-state index is 13.2. The van der Waals surface area contributed by atoms with Gasteiger partial charge in [0.2, 0.25) is 11.8 Å². The fourth-order valence-electron chi connectivity index (χ4n) is 3.72. The Morgan fingerprint density at radius 3 is 2.68 bits per heavy atom. The van der Waals surface area contributed by atoms with Crippen molar-refractivity contribution in [3.8, 4) is 0 Å². The maximum Gasteiger partial charge on any atom is 0.227 e. The zero-order chi connectivity index (χ0) is 19.8. The minimum Gasteiger partial charge on any atom is -0.342 e. The van der Waals surface area contributed by atoms with Crippen LogP contribution in [0.3, 0.4) is 0 Å². The van der Waals surface area contributed by atoms with E-state index in [-0.39, 0.29) is 17.7 Å². The predicted molar refractivity (Wildman–Crippen MR) is 109 cm³/mol. The van der Waals surface area contributed by atoms with Gasteiger partial charge in [-0.3, -0.25) is 14.6 Å². The number of likely N-dealkylation sites (tertiary alicyclic amines) is 1. The number of hydrogen-bond acceptors (Lipinski definition) is 3. The lowest BCUT2D eigenvalue weighted by Gasteiger charge is -2.35. The highest BCUT2D eigenvalue weighted by molar-refractivity contribution is 5.84. The van der Waals surface area contributed by atoms with Gasteiger partial charge in [0.1, 0.15) is 0 Å². The lowest BCUT2D eigenvalue weighted by molar-refractivity contribution is -0.143. The third-order valence-corrected chi connectivity index (χ3v) is 5.25. The molecule has 1 saturated heterocycles. The van der Waals surface area contributed by atoms with E-state index >= 15 is 0 Å². The van der Waals surface area contributed by atoms with Crippen LogP contribution in [0, 0.1) is 5.92 Å². The van der Waals surface area contributed by atoms with Gasteiger partial charge in [-0.2, -0.15) is 0 Å². The normalized spacial score (nSPS) is 16.8. The molecule has 1 atom stereocenters. The first-order chi connectivity index (χ1) is 13.7. The summed E-state index contributed by atoms with van der Waals surface area (Å²) in [4.78, 5) is 33.7. The predicted octanol–water partition coefficient (Wildman–Crippen LogP) is 3.30. The number of benzene rings is 1. The third kappa shape index (κ3) is 5.41. The van der Waals surface area contributed by atoms with Gasteiger partial charge in [-0.05, 0) is 37.0 Å². The quantitative estimate of drug-likeness (QED) is 0.707. The van der Waals surface area contributed by atoms with Crippen molar-refractivity contribution in [1.82, 2.24) is 14.8 Å². The molecule has 1 aliphatic rings. The zero-order valence-corrected chi connectivity index (χ0v) is 16.6. The van der Waals surface area contributed by atoms with Crippen LogP contribution < -0.4 is 0 Å². The lowest BCUT2D eigenvalue weighted by atomic mass is 9.95. The van der Waals surface area contributed by atoms with E-state index in [1.54, 1.807) is 6.20 Å². The highest BCUT2D eigenvalue weighted by Gasteiger charge is 2.32. The standard InChI is InChI=1S/C23H29N3O2/c1-2-15-26(18-21-10-6-7-14-24-21)23(28)20-11-12-22(27)25(17-20)16-13-19-8-4-3-5-9-19/h3-10,14,20H,2,11-13,15-18H2,1H3/t20-/m1/s1. The van der Waals surface area contributed by atoms with Crippen molar-refractivity contribution in [1.29, 1.82) is 0 Å². The smallest absolute Gasteiger partial charge is 0.227 e. The van der Waals surface area contributed by atoms with E-state index in [0.717, 1.165) is 18.5 Å². The number of aromatic nitrogens is 1. The molecule has 1 fully saturated rings. The number of hydrogen-bond donors (Lipinski definition) is 0. The lowest BCUT2D eigenvalue weighted by Crippen LogP contribution is -2.47. The van der Waals surface area contributed by atoms with Crippen LogP contribution in [0.2, 0.25) is 0 Å². The van der Waals surface area contributed by atoms with Crippen molar-refractivity contribution in [3.05, 3.63) is 66.0 Å². The molecule has 1 aromatic carbocycles. The second kappa shape index (κ2) is 10.0. The van der Waals surface area contributed by atoms with Crippen molar-refractivity contribution in [3.63, 3.8) is 0 Å². The van der Waals surface area contributed by atoms with Gasteiger partial charge in [0.05, 0.1) is 18.2 Å². The van der Waals surface area contributed by atoms with Crippen LogP contribution in [0.5, 0.6) is 0 Å². The van der Waals surface area contributed by atoms with Gasteiger partial charge in [0.15, 0.2) is 0 Å². The van der Waals surface area contributed by atoms with Crippen LogP contribution in [0.1, 0.15) is 37.4 Å². The molecule has 2 heterocycles. The number of amides is 2. The molecular weight excluding hydrogens is 350 g/mol. The summed E-state index contributed by atoms with van der Waals surface area (Å²) < 4.78 is 0. The van der Waals surface area contributed by atoms with Crippen molar-refractivity contribution < 1.29 is 9.59 Å². The minimum atomic E-state index is -0.122. The van der Waals surface area contributed by atoms with Crippen LogP contribution in [-0.4, -0.2) is 46.2 Å². The summed E-state index contributed by atoms with van der Waals surface area (Å²) >= 11 is 0. The Bertz CT molecular complexity index is 764. The molecule has 148 valence electrons. The summed E-state index contributed by atoms with van der Waals surface area (Å²) in [5.41, 5.74) is 2.11. The number of nitrogens with zero attached hydrogens (tertiary/aromatic N) is 3. The van der Waals surface area contributed by atoms with Gasteiger partial charge >= 0.3 is 0 Å². The topological polar surface area (TPSA) is 53.5 Å². The first-order valence-corrected chi connectivity index (χ1v) is 10.2. The van der Waals surface area contributed by atoms with Crippen molar-refractivity contribution >= 4 is 11.8 Å². The summed E-state index contributed by atoms with van der Waals surface area (Å²) in [6.45, 7) is 4.51. The molecule has 0 spiro atoms. The van der Waals surface area contributed by atoms with E-state index < -0.39 is 0 Å². The molecular formula is C23H29N3O2. The molecule has 0 unspecified atom stereocenters. The molecule has 0 bridgehead atoms. The second-order valence-corrected chi connectivity index (χ2v) is 7.39. The van der Waals surface area contributed by atoms with E-state index in [1.807, 2.05) is 46.2 Å². The Hall–Kier alpha value is -2.69. The van der Waals surface area contributed by atoms with Gasteiger partial charge in [0.25, 0.3) is 0 Å². The molecule has 0 aliphatic carbocycles. The zero-order valence-electron chi connectivity index (χ0n) is 16.6. The number of carbonyl (C=O) groups excluding carboxylic acids is 2. The fraction of sp³-hybridized carbons (Fsp3) is 0.435. The molecule has 5 nitrogen and oxygen atoms in total. The fourth-order valence-corrected chi connectivity index (χ4v) is 3.72. The van der Waals surface area contributed by atoms with Crippen molar-refractivity contribution in [2.24, 2.45) is 5.92 Å². The van der Waals surface area contributed by atoms with E-state index in [2.05, 4.69) is 24.0 Å². The molecule has 0 radical (unpaired) electrons. The van der Waals surface area contributed by atoms with Crippen LogP contribution in [-0.2, 0) is 22.6 Å². The summed E-state index contributed by atoms with van der Waals surface area (Å²) in [6, 6.07) is 16.0. The van der Waals surface area contributed by atoms with Crippen molar-refractivity contribution in [2.45, 2.75) is 39.2 Å². The van der Waals surface area contributed by atoms with Gasteiger partial charge in [0, 0.05) is 32.3 Å². The molecule has 3 rings (SSSR count). The van der Waals surface area contributed by atoms with E-state index in [0.29, 0.717) is 39.0 Å². The number of rotatable bonds is 8. The monoisotopic (exact) mass is 379 g/mol. The summed E-state index contributed by atoms with van der Waals surface area (Å²) in [5.74, 6) is 0.181. The van der Waals surface area contributed by atoms with E-state index in [4.69, 9.17) is 0 Å². The second-order valence-electron chi connectivity index (χ2n) is 7.39. The third-order valence-electron chi connectivity index (χ3n) is 5.25. The first-order valence-electron chi connectivity index (χ1n) is 10.2. The SMILES string of the molecule is CCCN(Cc1ccccn1)C(=O)[C@@H]1CCC(=O)N(CCc2ccccc2)C1. The summed E-state index contributed by atoms with van der Waals surface area (Å²) in [7, 11) is 0. The Balaban J connectivity index is 1.61. The molecule has 1 aromatic heterocycles. The van der Waals surface area contributed by atoms with Crippen LogP contribution in [0.4, 0.5) is 0 Å². The van der Waals surface area contributed by atoms with Gasteiger partial charge < -0.3 is 9.80 Å². The van der Waals surface area contributed by atoms with Crippen LogP contribution in [0.25, 0.3) is 0 Å². The summed E-state index contributed by atoms with van der Waals surface area (Å²) in [6.07, 6.45) is 4.58. The summed E-state index contributed by atoms with van der Waals surface area (Å²) in [5, 5.41) is 0. The minimum absolute atomic E-state index is 0.122. The average Bonchev–Trinajstić information content (AvgIpc) is 2.74. The molecule has 5 heteroatoms. The Kier molecular flexibility index (Phi) is 7.18. The number of piperidine rings is 1. The Labute approximate surface area is 167 Å². The molecule has 0 N–H and O–H groups in total. The number of pyridine rings is 1. The van der Waals surface area contributed by atoms with Gasteiger partial charge in [-0.1, -0.05) is 43.3 Å². The van der Waals surface area contributed by atoms with Crippen LogP contribution in [0.15, 0.2) is 54.7 Å². The highest BCUT2D eigenvalue weighted by Crippen LogP contribution is 2.21. The largest absolute Gasteiger partial charge is 0.342 e. The number of carbonyl (C=O) groups is 2. The Morgan fingerprint density at radius 2 is 1.96 bits per heavy atom. The van der Waals surface area contributed by atoms with Crippen LogP contribution >= 0.6 is 0 Å². The van der Waals surface area contributed by atoms with Gasteiger partial charge in [-0.25, -0.2) is 0 Å². The molecule has 2 aromatic rings. The highest BCUT2D eigenvalue weighted by atomic mass is 16.2. The average molecular weight is 380 g/mol.